The summed E-state index contributed by atoms with van der Waals surface area (Å²) in [6.07, 6.45) is -0.132. The fourth-order valence-electron chi connectivity index (χ4n) is 4.27. The summed E-state index contributed by atoms with van der Waals surface area (Å²) >= 11 is 0. The lowest BCUT2D eigenvalue weighted by Gasteiger charge is -2.28. The molecule has 0 unspecified atom stereocenters. The molecule has 0 aliphatic carbocycles. The van der Waals surface area contributed by atoms with Crippen LogP contribution in [0, 0.1) is 6.92 Å². The zero-order valence-electron chi connectivity index (χ0n) is 19.0. The van der Waals surface area contributed by atoms with Gasteiger partial charge in [-0.3, -0.25) is 9.59 Å². The molecule has 3 aromatic rings. The smallest absolute Gasteiger partial charge is 0.336 e. The van der Waals surface area contributed by atoms with Crippen LogP contribution >= 0.6 is 0 Å². The summed E-state index contributed by atoms with van der Waals surface area (Å²) in [6, 6.07) is 6.51. The third-order valence-electron chi connectivity index (χ3n) is 5.59. The van der Waals surface area contributed by atoms with E-state index in [2.05, 4.69) is 0 Å². The predicted molar refractivity (Wildman–Crippen MR) is 120 cm³/mol. The number of hydrogen-bond donors (Lipinski definition) is 1. The summed E-state index contributed by atoms with van der Waals surface area (Å²) < 4.78 is 22.2. The van der Waals surface area contributed by atoms with E-state index in [0.29, 0.717) is 28.2 Å². The first-order valence-corrected chi connectivity index (χ1v) is 10.5. The van der Waals surface area contributed by atoms with Crippen molar-refractivity contribution in [3.63, 3.8) is 0 Å². The van der Waals surface area contributed by atoms with Gasteiger partial charge < -0.3 is 23.7 Å². The summed E-state index contributed by atoms with van der Waals surface area (Å²) in [5.74, 6) is -1.15. The minimum absolute atomic E-state index is 0.0601. The maximum absolute atomic E-state index is 12.6. The van der Waals surface area contributed by atoms with Crippen molar-refractivity contribution in [1.82, 2.24) is 0 Å². The molecule has 8 nitrogen and oxygen atoms in total. The number of phenols is 1. The molecule has 4 rings (SSSR count). The lowest BCUT2D eigenvalue weighted by molar-refractivity contribution is -0.135. The lowest BCUT2D eigenvalue weighted by Crippen LogP contribution is -2.24. The fraction of sp³-hybridized carbons (Fsp3) is 0.320. The van der Waals surface area contributed by atoms with E-state index in [-0.39, 0.29) is 40.6 Å². The van der Waals surface area contributed by atoms with Crippen LogP contribution in [-0.4, -0.2) is 30.1 Å². The van der Waals surface area contributed by atoms with Crippen LogP contribution in [0.4, 0.5) is 0 Å². The Labute approximate surface area is 189 Å². The van der Waals surface area contributed by atoms with E-state index >= 15 is 0 Å². The summed E-state index contributed by atoms with van der Waals surface area (Å²) in [5, 5.41) is 11.1. The Morgan fingerprint density at radius 1 is 1.18 bits per heavy atom. The molecule has 172 valence electrons. The molecule has 1 atom stereocenters. The van der Waals surface area contributed by atoms with Crippen LogP contribution in [0.2, 0.25) is 0 Å². The molecule has 33 heavy (non-hydrogen) atoms. The fourth-order valence-corrected chi connectivity index (χ4v) is 4.27. The number of rotatable bonds is 5. The van der Waals surface area contributed by atoms with Crippen molar-refractivity contribution < 1.29 is 33.3 Å². The van der Waals surface area contributed by atoms with E-state index in [9.17, 15) is 19.5 Å². The third kappa shape index (κ3) is 3.82. The molecule has 1 aliphatic rings. The van der Waals surface area contributed by atoms with Crippen molar-refractivity contribution in [2.45, 2.75) is 46.1 Å². The number of ketones is 1. The Hall–Kier alpha value is -3.81. The number of ether oxygens (including phenoxy) is 3. The average Bonchev–Trinajstić information content (AvgIpc) is 2.72. The van der Waals surface area contributed by atoms with Gasteiger partial charge in [-0.25, -0.2) is 4.79 Å². The normalized spacial score (nSPS) is 15.3. The standard InChI is InChI=1S/C25H24O8/c1-11(2)31-16-7-6-14(9-17(16)30-5)15-10-19(28)33-25-21(13(4)26)23(29)20-12(3)8-18(27)32-24(20)22(15)25/h6-9,11,15,29H,10H2,1-5H3/t15-/m0/s1. The van der Waals surface area contributed by atoms with Gasteiger partial charge in [0.05, 0.1) is 25.0 Å². The first kappa shape index (κ1) is 22.4. The molecule has 0 bridgehead atoms. The van der Waals surface area contributed by atoms with Gasteiger partial charge in [0.1, 0.15) is 16.9 Å². The van der Waals surface area contributed by atoms with Gasteiger partial charge in [-0.1, -0.05) is 6.07 Å². The molecule has 0 amide bonds. The second-order valence-electron chi connectivity index (χ2n) is 8.28. The topological polar surface area (TPSA) is 112 Å². The summed E-state index contributed by atoms with van der Waals surface area (Å²) in [7, 11) is 1.51. The van der Waals surface area contributed by atoms with Crippen molar-refractivity contribution >= 4 is 22.7 Å². The van der Waals surface area contributed by atoms with Crippen LogP contribution in [0.15, 0.2) is 33.5 Å². The van der Waals surface area contributed by atoms with Crippen LogP contribution in [-0.2, 0) is 4.79 Å². The highest BCUT2D eigenvalue weighted by Gasteiger charge is 2.37. The molecule has 0 radical (unpaired) electrons. The highest BCUT2D eigenvalue weighted by molar-refractivity contribution is 6.09. The monoisotopic (exact) mass is 452 g/mol. The molecule has 0 saturated carbocycles. The molecular weight excluding hydrogens is 428 g/mol. The van der Waals surface area contributed by atoms with Crippen LogP contribution < -0.4 is 19.8 Å². The molecule has 1 N–H and O–H groups in total. The van der Waals surface area contributed by atoms with Gasteiger partial charge in [0, 0.05) is 17.5 Å². The van der Waals surface area contributed by atoms with Crippen molar-refractivity contribution in [1.29, 1.82) is 0 Å². The number of carbonyl (C=O) groups is 2. The third-order valence-corrected chi connectivity index (χ3v) is 5.59. The number of phenolic OH excluding ortho intramolecular Hbond substituents is 1. The number of fused-ring (bicyclic) bond motifs is 3. The van der Waals surface area contributed by atoms with Gasteiger partial charge in [0.15, 0.2) is 23.0 Å². The maximum atomic E-state index is 12.6. The molecule has 0 fully saturated rings. The molecule has 0 spiro atoms. The van der Waals surface area contributed by atoms with Gasteiger partial charge in [0.2, 0.25) is 0 Å². The largest absolute Gasteiger partial charge is 0.506 e. The Morgan fingerprint density at radius 2 is 1.91 bits per heavy atom. The number of aromatic hydroxyl groups is 1. The van der Waals surface area contributed by atoms with E-state index in [4.69, 9.17) is 18.6 Å². The summed E-state index contributed by atoms with van der Waals surface area (Å²) in [4.78, 5) is 37.3. The first-order chi connectivity index (χ1) is 15.6. The minimum atomic E-state index is -0.619. The van der Waals surface area contributed by atoms with Gasteiger partial charge in [-0.2, -0.15) is 0 Å². The van der Waals surface area contributed by atoms with E-state index < -0.39 is 23.3 Å². The SMILES string of the molecule is COc1cc([C@@H]2CC(=O)Oc3c(C(C)=O)c(O)c4c(C)cc(=O)oc4c32)ccc1OC(C)C. The zero-order chi connectivity index (χ0) is 24.0. The number of benzene rings is 2. The molecule has 2 heterocycles. The second kappa shape index (κ2) is 8.27. The highest BCUT2D eigenvalue weighted by atomic mass is 16.5. The van der Waals surface area contributed by atoms with Crippen molar-refractivity contribution in [3.05, 3.63) is 56.9 Å². The number of esters is 1. The van der Waals surface area contributed by atoms with E-state index in [1.807, 2.05) is 13.8 Å². The number of hydrogen-bond acceptors (Lipinski definition) is 8. The highest BCUT2D eigenvalue weighted by Crippen LogP contribution is 2.50. The molecule has 1 aromatic heterocycles. The number of Topliss-reactive ketones (excluding diaryl/α,β-unsaturated/α-hetero) is 1. The summed E-state index contributed by atoms with van der Waals surface area (Å²) in [6.45, 7) is 6.70. The zero-order valence-corrected chi connectivity index (χ0v) is 19.0. The molecule has 0 saturated heterocycles. The number of carbonyl (C=O) groups excluding carboxylic acids is 2. The lowest BCUT2D eigenvalue weighted by atomic mass is 9.82. The Morgan fingerprint density at radius 3 is 2.55 bits per heavy atom. The van der Waals surface area contributed by atoms with E-state index in [0.717, 1.165) is 0 Å². The Kier molecular flexibility index (Phi) is 5.61. The first-order valence-electron chi connectivity index (χ1n) is 10.5. The van der Waals surface area contributed by atoms with Gasteiger partial charge >= 0.3 is 11.6 Å². The van der Waals surface area contributed by atoms with Gasteiger partial charge in [0.25, 0.3) is 0 Å². The average molecular weight is 452 g/mol. The molecular formula is C25H24O8. The molecule has 8 heteroatoms. The van der Waals surface area contributed by atoms with Crippen molar-refractivity contribution in [2.24, 2.45) is 0 Å². The van der Waals surface area contributed by atoms with Crippen LogP contribution in [0.5, 0.6) is 23.0 Å². The van der Waals surface area contributed by atoms with Crippen LogP contribution in [0.1, 0.15) is 60.2 Å². The second-order valence-corrected chi connectivity index (χ2v) is 8.28. The quantitative estimate of drug-likeness (QED) is 0.265. The van der Waals surface area contributed by atoms with E-state index in [1.54, 1.807) is 25.1 Å². The number of aryl methyl sites for hydroxylation is 1. The van der Waals surface area contributed by atoms with Gasteiger partial charge in [-0.15, -0.1) is 0 Å². The molecule has 1 aliphatic heterocycles. The Bertz CT molecular complexity index is 1350. The van der Waals surface area contributed by atoms with Crippen LogP contribution in [0.3, 0.4) is 0 Å². The molecule has 2 aromatic carbocycles. The van der Waals surface area contributed by atoms with E-state index in [1.165, 1.54) is 20.1 Å². The van der Waals surface area contributed by atoms with Crippen molar-refractivity contribution in [3.8, 4) is 23.0 Å². The predicted octanol–water partition coefficient (Wildman–Crippen LogP) is 4.25. The maximum Gasteiger partial charge on any atom is 0.336 e. The van der Waals surface area contributed by atoms with Gasteiger partial charge in [-0.05, 0) is 51.0 Å². The van der Waals surface area contributed by atoms with Crippen molar-refractivity contribution in [2.75, 3.05) is 7.11 Å². The number of methoxy groups -OCH3 is 1. The minimum Gasteiger partial charge on any atom is -0.506 e. The Balaban J connectivity index is 2.05. The van der Waals surface area contributed by atoms with Crippen LogP contribution in [0.25, 0.3) is 11.0 Å². The summed E-state index contributed by atoms with van der Waals surface area (Å²) in [5.41, 5.74) is 0.805.